The van der Waals surface area contributed by atoms with Crippen LogP contribution in [0.4, 0.5) is 5.69 Å². The first-order chi connectivity index (χ1) is 8.92. The monoisotopic (exact) mass is 254 g/mol. The summed E-state index contributed by atoms with van der Waals surface area (Å²) in [5.41, 5.74) is 2.44. The number of nitrogens with zero attached hydrogens (tertiary/aromatic N) is 1. The van der Waals surface area contributed by atoms with E-state index in [1.54, 1.807) is 11.8 Å². The number of para-hydroxylation sites is 1. The van der Waals surface area contributed by atoms with Crippen LogP contribution in [0.2, 0.25) is 0 Å². The predicted octanol–water partition coefficient (Wildman–Crippen LogP) is 3.94. The topological polar surface area (TPSA) is 24.4 Å². The molecule has 0 spiro atoms. The molecule has 0 saturated heterocycles. The van der Waals surface area contributed by atoms with E-state index in [2.05, 4.69) is 46.7 Å². The molecule has 0 saturated carbocycles. The lowest BCUT2D eigenvalue weighted by Gasteiger charge is -2.09. The van der Waals surface area contributed by atoms with E-state index in [9.17, 15) is 0 Å². The fourth-order valence-electron chi connectivity index (χ4n) is 1.93. The Morgan fingerprint density at radius 2 is 1.61 bits per heavy atom. The van der Waals surface area contributed by atoms with Gasteiger partial charge in [-0.3, -0.25) is 4.99 Å². The maximum Gasteiger partial charge on any atom is 0.161 e. The van der Waals surface area contributed by atoms with Crippen molar-refractivity contribution in [3.63, 3.8) is 0 Å². The molecule has 2 aromatic carbocycles. The summed E-state index contributed by atoms with van der Waals surface area (Å²) in [5.74, 6) is 0. The minimum absolute atomic E-state index is 0.442. The van der Waals surface area contributed by atoms with Gasteiger partial charge in [-0.2, -0.15) is 0 Å². The van der Waals surface area contributed by atoms with Crippen LogP contribution in [-0.4, -0.2) is 11.7 Å². The number of rotatable bonds is 2. The van der Waals surface area contributed by atoms with Crippen LogP contribution < -0.4 is 5.32 Å². The summed E-state index contributed by atoms with van der Waals surface area (Å²) in [5, 5.41) is 4.80. The van der Waals surface area contributed by atoms with E-state index in [1.165, 1.54) is 5.56 Å². The maximum absolute atomic E-state index is 4.56. The Morgan fingerprint density at radius 3 is 2.33 bits per heavy atom. The fraction of sp³-hybridized carbons (Fsp3) is 0.133. The zero-order valence-electron chi connectivity index (χ0n) is 9.91. The molecule has 1 atom stereocenters. The van der Waals surface area contributed by atoms with Gasteiger partial charge in [0, 0.05) is 5.69 Å². The molecule has 1 heterocycles. The molecule has 0 bridgehead atoms. The average Bonchev–Trinajstić information content (AvgIpc) is 2.89. The zero-order valence-corrected chi connectivity index (χ0v) is 10.7. The van der Waals surface area contributed by atoms with E-state index in [1.807, 2.05) is 24.3 Å². The van der Waals surface area contributed by atoms with Crippen molar-refractivity contribution in [2.45, 2.75) is 5.25 Å². The van der Waals surface area contributed by atoms with Crippen LogP contribution in [0, 0.1) is 0 Å². The lowest BCUT2D eigenvalue weighted by atomic mass is 10.1. The van der Waals surface area contributed by atoms with Crippen molar-refractivity contribution in [2.75, 3.05) is 11.9 Å². The van der Waals surface area contributed by atoms with E-state index >= 15 is 0 Å². The molecule has 3 heteroatoms. The second kappa shape index (κ2) is 5.27. The number of hydrogen-bond acceptors (Lipinski definition) is 3. The standard InChI is InChI=1S/C15H14N2S/c1-3-7-12(8-4-1)14-11-16-15(18-14)17-13-9-5-2-6-10-13/h1-10,14H,11H2,(H,16,17). The number of anilines is 1. The third kappa shape index (κ3) is 2.57. The molecular weight excluding hydrogens is 240 g/mol. The third-order valence-corrected chi connectivity index (χ3v) is 4.01. The van der Waals surface area contributed by atoms with Crippen LogP contribution in [0.15, 0.2) is 65.7 Å². The van der Waals surface area contributed by atoms with Crippen molar-refractivity contribution >= 4 is 22.6 Å². The van der Waals surface area contributed by atoms with Crippen molar-refractivity contribution in [1.29, 1.82) is 0 Å². The molecule has 0 aliphatic carbocycles. The Balaban J connectivity index is 1.65. The molecule has 0 aromatic heterocycles. The van der Waals surface area contributed by atoms with Gasteiger partial charge in [0.25, 0.3) is 0 Å². The van der Waals surface area contributed by atoms with Crippen LogP contribution in [0.25, 0.3) is 0 Å². The van der Waals surface area contributed by atoms with Crippen molar-refractivity contribution in [3.05, 3.63) is 66.2 Å². The van der Waals surface area contributed by atoms with Gasteiger partial charge in [0.05, 0.1) is 11.8 Å². The van der Waals surface area contributed by atoms with Crippen molar-refractivity contribution in [3.8, 4) is 0 Å². The van der Waals surface area contributed by atoms with Gasteiger partial charge in [-0.15, -0.1) is 0 Å². The second-order valence-corrected chi connectivity index (χ2v) is 5.35. The number of hydrogen-bond donors (Lipinski definition) is 1. The highest BCUT2D eigenvalue weighted by Crippen LogP contribution is 2.35. The van der Waals surface area contributed by atoms with Crippen molar-refractivity contribution in [1.82, 2.24) is 0 Å². The van der Waals surface area contributed by atoms with E-state index in [-0.39, 0.29) is 0 Å². The first kappa shape index (κ1) is 11.4. The summed E-state index contributed by atoms with van der Waals surface area (Å²) in [6.07, 6.45) is 0. The van der Waals surface area contributed by atoms with Crippen molar-refractivity contribution in [2.24, 2.45) is 4.99 Å². The Labute approximate surface area is 111 Å². The van der Waals surface area contributed by atoms with Gasteiger partial charge in [-0.05, 0) is 17.7 Å². The number of benzene rings is 2. The maximum atomic E-state index is 4.56. The summed E-state index contributed by atoms with van der Waals surface area (Å²) in [6.45, 7) is 0.851. The fourth-order valence-corrected chi connectivity index (χ4v) is 2.97. The second-order valence-electron chi connectivity index (χ2n) is 4.15. The summed E-state index contributed by atoms with van der Waals surface area (Å²) >= 11 is 1.80. The summed E-state index contributed by atoms with van der Waals surface area (Å²) in [7, 11) is 0. The lowest BCUT2D eigenvalue weighted by molar-refractivity contribution is 0.966. The zero-order chi connectivity index (χ0) is 12.2. The molecule has 1 aliphatic rings. The van der Waals surface area contributed by atoms with Crippen LogP contribution in [0.5, 0.6) is 0 Å². The molecule has 2 aromatic rings. The molecule has 18 heavy (non-hydrogen) atoms. The summed E-state index contributed by atoms with van der Waals surface area (Å²) in [4.78, 5) is 4.56. The molecule has 3 rings (SSSR count). The van der Waals surface area contributed by atoms with Crippen LogP contribution in [0.1, 0.15) is 10.8 Å². The van der Waals surface area contributed by atoms with E-state index in [0.29, 0.717) is 5.25 Å². The normalized spacial score (nSPS) is 18.4. The highest BCUT2D eigenvalue weighted by molar-refractivity contribution is 8.14. The first-order valence-corrected chi connectivity index (χ1v) is 6.88. The largest absolute Gasteiger partial charge is 0.335 e. The first-order valence-electron chi connectivity index (χ1n) is 6.00. The molecule has 90 valence electrons. The van der Waals surface area contributed by atoms with E-state index in [0.717, 1.165) is 17.4 Å². The highest BCUT2D eigenvalue weighted by atomic mass is 32.2. The minimum Gasteiger partial charge on any atom is -0.335 e. The van der Waals surface area contributed by atoms with Crippen LogP contribution >= 0.6 is 11.8 Å². The Morgan fingerprint density at radius 1 is 0.944 bits per heavy atom. The molecule has 0 radical (unpaired) electrons. The number of thioether (sulfide) groups is 1. The van der Waals surface area contributed by atoms with Gasteiger partial charge < -0.3 is 5.32 Å². The van der Waals surface area contributed by atoms with Crippen LogP contribution in [-0.2, 0) is 0 Å². The highest BCUT2D eigenvalue weighted by Gasteiger charge is 2.20. The van der Waals surface area contributed by atoms with E-state index in [4.69, 9.17) is 0 Å². The van der Waals surface area contributed by atoms with E-state index < -0.39 is 0 Å². The average molecular weight is 254 g/mol. The Bertz CT molecular complexity index is 537. The SMILES string of the molecule is c1ccc(NC2=NCC(c3ccccc3)S2)cc1. The van der Waals surface area contributed by atoms with Gasteiger partial charge in [-0.25, -0.2) is 0 Å². The minimum atomic E-state index is 0.442. The Kier molecular flexibility index (Phi) is 3.33. The van der Waals surface area contributed by atoms with Crippen molar-refractivity contribution < 1.29 is 0 Å². The smallest absolute Gasteiger partial charge is 0.161 e. The van der Waals surface area contributed by atoms with Gasteiger partial charge in [-0.1, -0.05) is 60.3 Å². The number of amidine groups is 1. The van der Waals surface area contributed by atoms with Crippen LogP contribution in [0.3, 0.4) is 0 Å². The molecule has 0 amide bonds. The molecular formula is C15H14N2S. The predicted molar refractivity (Wildman–Crippen MR) is 79.1 cm³/mol. The van der Waals surface area contributed by atoms with Gasteiger partial charge in [0.15, 0.2) is 5.17 Å². The number of aliphatic imine (C=N–C) groups is 1. The molecule has 1 aliphatic heterocycles. The summed E-state index contributed by atoms with van der Waals surface area (Å²) in [6, 6.07) is 20.7. The number of nitrogens with one attached hydrogen (secondary N) is 1. The molecule has 1 unspecified atom stereocenters. The van der Waals surface area contributed by atoms with Gasteiger partial charge in [0.2, 0.25) is 0 Å². The van der Waals surface area contributed by atoms with Gasteiger partial charge in [0.1, 0.15) is 0 Å². The quantitative estimate of drug-likeness (QED) is 0.877. The third-order valence-electron chi connectivity index (χ3n) is 2.85. The lowest BCUT2D eigenvalue weighted by Crippen LogP contribution is -2.04. The molecule has 1 N–H and O–H groups in total. The molecule has 2 nitrogen and oxygen atoms in total. The summed E-state index contributed by atoms with van der Waals surface area (Å²) < 4.78 is 0. The molecule has 0 fully saturated rings. The Hall–Kier alpha value is -1.74. The van der Waals surface area contributed by atoms with Gasteiger partial charge >= 0.3 is 0 Å².